The number of aromatic nitrogens is 1. The van der Waals surface area contributed by atoms with Crippen LogP contribution in [0.3, 0.4) is 0 Å². The number of benzene rings is 2. The van der Waals surface area contributed by atoms with Gasteiger partial charge in [0.1, 0.15) is 11.8 Å². The number of hydrogen-bond acceptors (Lipinski definition) is 5. The van der Waals surface area contributed by atoms with Crippen molar-refractivity contribution in [3.05, 3.63) is 85.8 Å². The van der Waals surface area contributed by atoms with Crippen molar-refractivity contribution in [1.29, 1.82) is 0 Å². The number of aliphatic carboxylic acids is 1. The van der Waals surface area contributed by atoms with Crippen molar-refractivity contribution in [3.8, 4) is 16.9 Å². The maximum absolute atomic E-state index is 14.4. The Kier molecular flexibility index (Phi) is 11.9. The van der Waals surface area contributed by atoms with Gasteiger partial charge >= 0.3 is 12.1 Å². The van der Waals surface area contributed by atoms with E-state index < -0.39 is 53.6 Å². The van der Waals surface area contributed by atoms with Gasteiger partial charge in [-0.05, 0) is 154 Å². The van der Waals surface area contributed by atoms with Gasteiger partial charge in [0.05, 0.1) is 25.1 Å². The smallest absolute Gasteiger partial charge is 0.416 e. The molecule has 5 rings (SSSR count). The lowest BCUT2D eigenvalue weighted by molar-refractivity contribution is -0.139. The van der Waals surface area contributed by atoms with E-state index in [0.717, 1.165) is 57.4 Å². The van der Waals surface area contributed by atoms with Gasteiger partial charge in [-0.15, -0.1) is 0 Å². The van der Waals surface area contributed by atoms with Gasteiger partial charge in [0.25, 0.3) is 5.56 Å². The average molecular weight is 724 g/mol. The Bertz CT molecular complexity index is 1830. The number of carbonyl (C=O) groups is 2. The van der Waals surface area contributed by atoms with Gasteiger partial charge in [0, 0.05) is 18.3 Å². The van der Waals surface area contributed by atoms with Gasteiger partial charge in [0.2, 0.25) is 5.91 Å². The van der Waals surface area contributed by atoms with Crippen LogP contribution >= 0.6 is 0 Å². The number of pyridine rings is 1. The third-order valence-electron chi connectivity index (χ3n) is 10.8. The topological polar surface area (TPSA) is 101 Å². The first-order valence-corrected chi connectivity index (χ1v) is 18.4. The fourth-order valence-corrected chi connectivity index (χ4v) is 8.22. The van der Waals surface area contributed by atoms with E-state index in [1.165, 1.54) is 11.8 Å². The predicted octanol–water partition coefficient (Wildman–Crippen LogP) is 8.16. The number of likely N-dealkylation sites (tertiary alicyclic amines) is 1. The summed E-state index contributed by atoms with van der Waals surface area (Å²) in [5.74, 6) is -1.53. The third-order valence-corrected chi connectivity index (χ3v) is 10.8. The highest BCUT2D eigenvalue weighted by Crippen LogP contribution is 2.41. The summed E-state index contributed by atoms with van der Waals surface area (Å²) < 4.78 is 49.9. The molecule has 52 heavy (non-hydrogen) atoms. The van der Waals surface area contributed by atoms with Gasteiger partial charge in [0.15, 0.2) is 0 Å². The van der Waals surface area contributed by atoms with Gasteiger partial charge in [-0.25, -0.2) is 0 Å². The Morgan fingerprint density at radius 3 is 2.21 bits per heavy atom. The van der Waals surface area contributed by atoms with Crippen molar-refractivity contribution in [3.63, 3.8) is 0 Å². The van der Waals surface area contributed by atoms with Crippen LogP contribution in [0, 0.1) is 19.8 Å². The lowest BCUT2D eigenvalue weighted by Gasteiger charge is -2.36. The zero-order chi connectivity index (χ0) is 38.1. The SMILES string of the molecule is COc1cc(C)c(-c2cc([C@@H](CC(=O)O)NC(=O)[C@@H](CC(C)C)n3cc(C4CCN(C(C)C)CC4)c(C(F)(F)F)cc3=O)cc3c2CCC3)c(C)c1. The summed E-state index contributed by atoms with van der Waals surface area (Å²) in [6.07, 6.45) is -0.111. The summed E-state index contributed by atoms with van der Waals surface area (Å²) in [6.45, 7) is 13.1. The molecule has 1 aliphatic heterocycles. The maximum atomic E-state index is 14.4. The number of alkyl halides is 3. The number of carboxylic acids is 1. The minimum Gasteiger partial charge on any atom is -0.497 e. The van der Waals surface area contributed by atoms with Gasteiger partial charge in [-0.1, -0.05) is 19.9 Å². The van der Waals surface area contributed by atoms with Crippen LogP contribution in [0.15, 0.2) is 41.3 Å². The zero-order valence-electron chi connectivity index (χ0n) is 31.3. The summed E-state index contributed by atoms with van der Waals surface area (Å²) in [5.41, 5.74) is 5.08. The first kappa shape index (κ1) is 39.1. The number of nitrogens with one attached hydrogen (secondary N) is 1. The van der Waals surface area contributed by atoms with Gasteiger partial charge in [-0.3, -0.25) is 14.4 Å². The number of methoxy groups -OCH3 is 1. The van der Waals surface area contributed by atoms with E-state index in [-0.39, 0.29) is 23.9 Å². The van der Waals surface area contributed by atoms with E-state index in [0.29, 0.717) is 37.6 Å². The quantitative estimate of drug-likeness (QED) is 0.196. The number of amides is 1. The molecule has 11 heteroatoms. The molecule has 8 nitrogen and oxygen atoms in total. The van der Waals surface area contributed by atoms with Crippen molar-refractivity contribution < 1.29 is 32.6 Å². The molecule has 0 spiro atoms. The number of hydrogen-bond donors (Lipinski definition) is 2. The minimum absolute atomic E-state index is 0.0210. The summed E-state index contributed by atoms with van der Waals surface area (Å²) >= 11 is 0. The Balaban J connectivity index is 1.56. The van der Waals surface area contributed by atoms with Crippen molar-refractivity contribution in [1.82, 2.24) is 14.8 Å². The molecule has 1 amide bonds. The van der Waals surface area contributed by atoms with Crippen LogP contribution in [-0.2, 0) is 28.6 Å². The number of halogens is 3. The molecular formula is C41H52F3N3O5. The van der Waals surface area contributed by atoms with Crippen LogP contribution < -0.4 is 15.6 Å². The molecule has 1 fully saturated rings. The van der Waals surface area contributed by atoms with Crippen LogP contribution in [0.2, 0.25) is 0 Å². The Morgan fingerprint density at radius 2 is 1.65 bits per heavy atom. The number of carboxylic acid groups (broad SMARTS) is 1. The molecular weight excluding hydrogens is 671 g/mol. The molecule has 3 aromatic rings. The third kappa shape index (κ3) is 8.56. The normalized spacial score (nSPS) is 16.6. The van der Waals surface area contributed by atoms with Gasteiger partial charge in [-0.2, -0.15) is 13.2 Å². The molecule has 282 valence electrons. The molecule has 2 aliphatic rings. The summed E-state index contributed by atoms with van der Waals surface area (Å²) in [6, 6.07) is 6.65. The summed E-state index contributed by atoms with van der Waals surface area (Å²) in [5, 5.41) is 13.0. The number of ether oxygens (including phenoxy) is 1. The minimum atomic E-state index is -4.74. The van der Waals surface area contributed by atoms with E-state index in [1.54, 1.807) is 7.11 Å². The highest BCUT2D eigenvalue weighted by atomic mass is 19.4. The second-order valence-corrected chi connectivity index (χ2v) is 15.3. The Morgan fingerprint density at radius 1 is 1.00 bits per heavy atom. The molecule has 0 unspecified atom stereocenters. The van der Waals surface area contributed by atoms with Crippen LogP contribution in [0.25, 0.3) is 11.1 Å². The van der Waals surface area contributed by atoms with E-state index in [9.17, 15) is 32.7 Å². The van der Waals surface area contributed by atoms with Crippen LogP contribution in [-0.4, -0.2) is 52.7 Å². The van der Waals surface area contributed by atoms with Crippen LogP contribution in [0.4, 0.5) is 13.2 Å². The number of rotatable bonds is 12. The number of aryl methyl sites for hydroxylation is 3. The molecule has 2 N–H and O–H groups in total. The van der Waals surface area contributed by atoms with E-state index in [1.807, 2.05) is 52.0 Å². The average Bonchev–Trinajstić information content (AvgIpc) is 3.55. The second kappa shape index (κ2) is 15.9. The number of piperidine rings is 1. The number of nitrogens with zero attached hydrogens (tertiary/aromatic N) is 2. The fraction of sp³-hybridized carbons (Fsp3) is 0.537. The van der Waals surface area contributed by atoms with E-state index in [4.69, 9.17) is 4.74 Å². The zero-order valence-corrected chi connectivity index (χ0v) is 31.3. The first-order chi connectivity index (χ1) is 24.5. The first-order valence-electron chi connectivity index (χ1n) is 18.4. The molecule has 0 bridgehead atoms. The Hall–Kier alpha value is -4.12. The lowest BCUT2D eigenvalue weighted by atomic mass is 9.86. The summed E-state index contributed by atoms with van der Waals surface area (Å²) in [4.78, 5) is 42.4. The van der Waals surface area contributed by atoms with Crippen molar-refractivity contribution in [2.45, 2.75) is 117 Å². The van der Waals surface area contributed by atoms with Crippen molar-refractivity contribution >= 4 is 11.9 Å². The number of carbonyl (C=O) groups excluding carboxylic acids is 1. The molecule has 1 saturated heterocycles. The van der Waals surface area contributed by atoms with Crippen LogP contribution in [0.1, 0.15) is 117 Å². The lowest BCUT2D eigenvalue weighted by Crippen LogP contribution is -2.41. The molecule has 0 saturated carbocycles. The van der Waals surface area contributed by atoms with Gasteiger partial charge < -0.3 is 24.6 Å². The largest absolute Gasteiger partial charge is 0.497 e. The molecule has 0 radical (unpaired) electrons. The second-order valence-electron chi connectivity index (χ2n) is 15.3. The van der Waals surface area contributed by atoms with E-state index >= 15 is 0 Å². The van der Waals surface area contributed by atoms with E-state index in [2.05, 4.69) is 24.1 Å². The molecule has 2 atom stereocenters. The predicted molar refractivity (Wildman–Crippen MR) is 196 cm³/mol. The highest BCUT2D eigenvalue weighted by Gasteiger charge is 2.39. The monoisotopic (exact) mass is 723 g/mol. The standard InChI is InChI=1S/C41H52F3N3O5/c1-23(2)15-36(47-22-33(34(20-37(47)48)41(42,43)44)27-11-13-46(14-12-27)24(3)4)40(51)45-35(21-38(49)50)29-18-28-9-8-10-31(28)32(19-29)39-25(5)16-30(52-7)17-26(39)6/h16-20,22-24,27,35-36H,8-15,21H2,1-7H3,(H,45,51)(H,49,50)/t35-,36-/m1/s1. The highest BCUT2D eigenvalue weighted by molar-refractivity contribution is 5.82. The maximum Gasteiger partial charge on any atom is 0.416 e. The van der Waals surface area contributed by atoms with Crippen LogP contribution in [0.5, 0.6) is 5.75 Å². The molecule has 2 heterocycles. The van der Waals surface area contributed by atoms with Crippen molar-refractivity contribution in [2.24, 2.45) is 5.92 Å². The molecule has 1 aliphatic carbocycles. The Labute approximate surface area is 304 Å². The molecule has 1 aromatic heterocycles. The number of fused-ring (bicyclic) bond motifs is 1. The molecule has 2 aromatic carbocycles. The van der Waals surface area contributed by atoms with Crippen molar-refractivity contribution in [2.75, 3.05) is 20.2 Å². The fourth-order valence-electron chi connectivity index (χ4n) is 8.22. The summed E-state index contributed by atoms with van der Waals surface area (Å²) in [7, 11) is 1.62.